The fourth-order valence-electron chi connectivity index (χ4n) is 3.32. The molecule has 0 aliphatic heterocycles. The summed E-state index contributed by atoms with van der Waals surface area (Å²) in [4.78, 5) is 19.2. The highest BCUT2D eigenvalue weighted by molar-refractivity contribution is 5.88. The van der Waals surface area contributed by atoms with E-state index in [-0.39, 0.29) is 34.9 Å². The van der Waals surface area contributed by atoms with Gasteiger partial charge in [0.25, 0.3) is 0 Å². The summed E-state index contributed by atoms with van der Waals surface area (Å²) in [6.45, 7) is 0.0554. The molecule has 0 unspecified atom stereocenters. The van der Waals surface area contributed by atoms with Gasteiger partial charge >= 0.3 is 12.1 Å². The molecule has 9 heteroatoms. The monoisotopic (exact) mass is 468 g/mol. The van der Waals surface area contributed by atoms with Crippen LogP contribution in [-0.2, 0) is 12.8 Å². The standard InChI is InChI=1S/C25H16F4N2O3/c26-17-8-5-15(6-9-17)14-34-23-4-2-1-3-19(23)20-11-16(25(27,28)29)7-10-18(20)21-12-30-13-22(31-21)24(32)33/h1-13H,14H2,(H,32,33). The van der Waals surface area contributed by atoms with Crippen LogP contribution < -0.4 is 4.74 Å². The number of hydrogen-bond acceptors (Lipinski definition) is 4. The van der Waals surface area contributed by atoms with E-state index in [2.05, 4.69) is 9.97 Å². The maximum atomic E-state index is 13.5. The molecule has 0 aliphatic rings. The van der Waals surface area contributed by atoms with Crippen LogP contribution in [0.5, 0.6) is 5.75 Å². The maximum Gasteiger partial charge on any atom is 0.416 e. The Bertz CT molecular complexity index is 1340. The predicted molar refractivity (Wildman–Crippen MR) is 116 cm³/mol. The third-order valence-electron chi connectivity index (χ3n) is 4.96. The van der Waals surface area contributed by atoms with Crippen LogP contribution in [0, 0.1) is 5.82 Å². The van der Waals surface area contributed by atoms with Crippen molar-refractivity contribution in [3.63, 3.8) is 0 Å². The van der Waals surface area contributed by atoms with Gasteiger partial charge in [0.2, 0.25) is 0 Å². The van der Waals surface area contributed by atoms with Crippen molar-refractivity contribution in [2.75, 3.05) is 0 Å². The lowest BCUT2D eigenvalue weighted by Crippen LogP contribution is -2.06. The van der Waals surface area contributed by atoms with Crippen LogP contribution in [0.25, 0.3) is 22.4 Å². The molecule has 0 saturated carbocycles. The molecule has 0 saturated heterocycles. The fourth-order valence-corrected chi connectivity index (χ4v) is 3.32. The topological polar surface area (TPSA) is 72.3 Å². The largest absolute Gasteiger partial charge is 0.488 e. The van der Waals surface area contributed by atoms with Crippen LogP contribution in [0.15, 0.2) is 79.1 Å². The highest BCUT2D eigenvalue weighted by atomic mass is 19.4. The number of alkyl halides is 3. The zero-order chi connectivity index (χ0) is 24.3. The van der Waals surface area contributed by atoms with Gasteiger partial charge in [0.05, 0.1) is 23.7 Å². The van der Waals surface area contributed by atoms with Crippen molar-refractivity contribution in [1.29, 1.82) is 0 Å². The van der Waals surface area contributed by atoms with Crippen LogP contribution >= 0.6 is 0 Å². The number of para-hydroxylation sites is 1. The van der Waals surface area contributed by atoms with E-state index in [1.165, 1.54) is 24.4 Å². The van der Waals surface area contributed by atoms with Gasteiger partial charge in [0.1, 0.15) is 18.2 Å². The van der Waals surface area contributed by atoms with Crippen molar-refractivity contribution in [2.24, 2.45) is 0 Å². The summed E-state index contributed by atoms with van der Waals surface area (Å²) in [6, 6.07) is 15.2. The normalized spacial score (nSPS) is 11.3. The summed E-state index contributed by atoms with van der Waals surface area (Å²) in [6.07, 6.45) is -2.28. The number of ether oxygens (including phenoxy) is 1. The Morgan fingerprint density at radius 2 is 1.65 bits per heavy atom. The number of carboxylic acids is 1. The number of hydrogen-bond donors (Lipinski definition) is 1. The summed E-state index contributed by atoms with van der Waals surface area (Å²) in [5, 5.41) is 9.24. The zero-order valence-electron chi connectivity index (χ0n) is 17.4. The third kappa shape index (κ3) is 5.03. The molecule has 34 heavy (non-hydrogen) atoms. The molecule has 0 bridgehead atoms. The molecule has 1 aromatic heterocycles. The van der Waals surface area contributed by atoms with E-state index >= 15 is 0 Å². The smallest absolute Gasteiger partial charge is 0.416 e. The van der Waals surface area contributed by atoms with Gasteiger partial charge in [-0.3, -0.25) is 4.98 Å². The minimum absolute atomic E-state index is 0.0554. The Kier molecular flexibility index (Phi) is 6.27. The van der Waals surface area contributed by atoms with Gasteiger partial charge in [0, 0.05) is 11.1 Å². The van der Waals surface area contributed by atoms with Crippen molar-refractivity contribution in [3.8, 4) is 28.1 Å². The molecule has 0 atom stereocenters. The van der Waals surface area contributed by atoms with Crippen LogP contribution in [0.2, 0.25) is 0 Å². The number of aromatic nitrogens is 2. The van der Waals surface area contributed by atoms with Gasteiger partial charge < -0.3 is 9.84 Å². The molecule has 3 aromatic carbocycles. The van der Waals surface area contributed by atoms with Gasteiger partial charge in [0.15, 0.2) is 5.69 Å². The number of rotatable bonds is 6. The molecule has 0 aliphatic carbocycles. The minimum atomic E-state index is -4.61. The van der Waals surface area contributed by atoms with E-state index in [0.717, 1.165) is 18.3 Å². The fraction of sp³-hybridized carbons (Fsp3) is 0.0800. The number of benzene rings is 3. The maximum absolute atomic E-state index is 13.5. The van der Waals surface area contributed by atoms with E-state index in [4.69, 9.17) is 4.74 Å². The molecule has 0 spiro atoms. The quantitative estimate of drug-likeness (QED) is 0.339. The van der Waals surface area contributed by atoms with E-state index in [1.54, 1.807) is 36.4 Å². The van der Waals surface area contributed by atoms with Crippen LogP contribution in [0.1, 0.15) is 21.6 Å². The van der Waals surface area contributed by atoms with Gasteiger partial charge in [-0.05, 0) is 41.5 Å². The van der Waals surface area contributed by atoms with E-state index in [0.29, 0.717) is 11.1 Å². The molecule has 0 radical (unpaired) electrons. The first-order valence-electron chi connectivity index (χ1n) is 9.96. The number of carbonyl (C=O) groups is 1. The average molecular weight is 468 g/mol. The summed E-state index contributed by atoms with van der Waals surface area (Å²) in [7, 11) is 0. The van der Waals surface area contributed by atoms with Crippen molar-refractivity contribution >= 4 is 5.97 Å². The van der Waals surface area contributed by atoms with Crippen molar-refractivity contribution in [3.05, 3.63) is 102 Å². The van der Waals surface area contributed by atoms with E-state index in [9.17, 15) is 27.5 Å². The van der Waals surface area contributed by atoms with Gasteiger partial charge in [-0.25, -0.2) is 14.2 Å². The predicted octanol–water partition coefficient (Wildman–Crippen LogP) is 6.25. The molecule has 4 rings (SSSR count). The van der Waals surface area contributed by atoms with E-state index in [1.807, 2.05) is 0 Å². The molecular weight excluding hydrogens is 452 g/mol. The molecule has 4 aromatic rings. The van der Waals surface area contributed by atoms with Gasteiger partial charge in [-0.15, -0.1) is 0 Å². The van der Waals surface area contributed by atoms with Gasteiger partial charge in [-0.2, -0.15) is 13.2 Å². The van der Waals surface area contributed by atoms with Crippen molar-refractivity contribution in [2.45, 2.75) is 12.8 Å². The minimum Gasteiger partial charge on any atom is -0.488 e. The van der Waals surface area contributed by atoms with Crippen LogP contribution in [0.4, 0.5) is 17.6 Å². The van der Waals surface area contributed by atoms with Crippen LogP contribution in [0.3, 0.4) is 0 Å². The highest BCUT2D eigenvalue weighted by Crippen LogP contribution is 2.40. The first-order valence-corrected chi connectivity index (χ1v) is 9.96. The number of nitrogens with zero attached hydrogens (tertiary/aromatic N) is 2. The van der Waals surface area contributed by atoms with Crippen molar-refractivity contribution in [1.82, 2.24) is 9.97 Å². The highest BCUT2D eigenvalue weighted by Gasteiger charge is 2.31. The lowest BCUT2D eigenvalue weighted by Gasteiger charge is -2.17. The Morgan fingerprint density at radius 1 is 0.912 bits per heavy atom. The molecule has 172 valence electrons. The third-order valence-corrected chi connectivity index (χ3v) is 4.96. The average Bonchev–Trinajstić information content (AvgIpc) is 2.83. The summed E-state index contributed by atoms with van der Waals surface area (Å²) < 4.78 is 59.6. The number of aromatic carboxylic acids is 1. The number of halogens is 4. The second kappa shape index (κ2) is 9.30. The van der Waals surface area contributed by atoms with Crippen LogP contribution in [-0.4, -0.2) is 21.0 Å². The SMILES string of the molecule is O=C(O)c1cncc(-c2ccc(C(F)(F)F)cc2-c2ccccc2OCc2ccc(F)cc2)n1. The Hall–Kier alpha value is -4.27. The number of carboxylic acid groups (broad SMARTS) is 1. The zero-order valence-corrected chi connectivity index (χ0v) is 17.4. The second-order valence-electron chi connectivity index (χ2n) is 7.26. The Balaban J connectivity index is 1.82. The lowest BCUT2D eigenvalue weighted by atomic mass is 9.94. The first-order chi connectivity index (χ1) is 16.2. The molecular formula is C25H16F4N2O3. The Labute approximate surface area is 191 Å². The van der Waals surface area contributed by atoms with Gasteiger partial charge in [-0.1, -0.05) is 36.4 Å². The summed E-state index contributed by atoms with van der Waals surface area (Å²) in [5.74, 6) is -1.43. The molecule has 1 heterocycles. The first kappa shape index (κ1) is 22.9. The molecule has 0 fully saturated rings. The second-order valence-corrected chi connectivity index (χ2v) is 7.26. The summed E-state index contributed by atoms with van der Waals surface area (Å²) >= 11 is 0. The molecule has 0 amide bonds. The Morgan fingerprint density at radius 3 is 2.35 bits per heavy atom. The summed E-state index contributed by atoms with van der Waals surface area (Å²) in [5.41, 5.74) is 0.264. The molecule has 5 nitrogen and oxygen atoms in total. The molecule has 1 N–H and O–H groups in total. The lowest BCUT2D eigenvalue weighted by molar-refractivity contribution is -0.137. The van der Waals surface area contributed by atoms with Crippen molar-refractivity contribution < 1.29 is 32.2 Å². The van der Waals surface area contributed by atoms with E-state index < -0.39 is 23.5 Å².